The number of aromatic nitrogens is 1. The summed E-state index contributed by atoms with van der Waals surface area (Å²) in [5, 5.41) is 0.646. The van der Waals surface area contributed by atoms with E-state index in [1.54, 1.807) is 41.1 Å². The SMILES string of the molecule is Cc1ccc(S(=O)(=O)c2cn(CC(=O)N3CCCC3)c3ccccc23)cc1. The van der Waals surface area contributed by atoms with Crippen LogP contribution in [0.5, 0.6) is 0 Å². The van der Waals surface area contributed by atoms with E-state index in [4.69, 9.17) is 0 Å². The fraction of sp³-hybridized carbons (Fsp3) is 0.286. The van der Waals surface area contributed by atoms with E-state index in [0.29, 0.717) is 5.39 Å². The van der Waals surface area contributed by atoms with E-state index in [2.05, 4.69) is 0 Å². The maximum Gasteiger partial charge on any atom is 0.242 e. The standard InChI is InChI=1S/C21H22N2O3S/c1-16-8-10-17(11-9-16)27(25,26)20-14-23(19-7-3-2-6-18(19)20)15-21(24)22-12-4-5-13-22/h2-3,6-11,14H,4-5,12-13,15H2,1H3. The number of fused-ring (bicyclic) bond motifs is 1. The molecular formula is C21H22N2O3S. The van der Waals surface area contributed by atoms with Gasteiger partial charge in [-0.25, -0.2) is 8.42 Å². The van der Waals surface area contributed by atoms with Gasteiger partial charge in [-0.05, 0) is 38.0 Å². The van der Waals surface area contributed by atoms with Crippen molar-refractivity contribution in [2.45, 2.75) is 36.1 Å². The van der Waals surface area contributed by atoms with Crippen LogP contribution in [-0.4, -0.2) is 36.9 Å². The van der Waals surface area contributed by atoms with Crippen LogP contribution in [0.4, 0.5) is 0 Å². The summed E-state index contributed by atoms with van der Waals surface area (Å²) in [5.74, 6) is 0.0348. The van der Waals surface area contributed by atoms with E-state index in [1.807, 2.05) is 30.0 Å². The summed E-state index contributed by atoms with van der Waals surface area (Å²) in [6, 6.07) is 14.2. The number of para-hydroxylation sites is 1. The Hall–Kier alpha value is -2.60. The fourth-order valence-electron chi connectivity index (χ4n) is 3.61. The predicted molar refractivity (Wildman–Crippen MR) is 104 cm³/mol. The zero-order valence-corrected chi connectivity index (χ0v) is 16.1. The molecule has 1 amide bonds. The maximum atomic E-state index is 13.2. The summed E-state index contributed by atoms with van der Waals surface area (Å²) >= 11 is 0. The number of hydrogen-bond acceptors (Lipinski definition) is 3. The van der Waals surface area contributed by atoms with E-state index in [-0.39, 0.29) is 22.2 Å². The van der Waals surface area contributed by atoms with Crippen LogP contribution in [0.1, 0.15) is 18.4 Å². The number of carbonyl (C=O) groups excluding carboxylic acids is 1. The Balaban J connectivity index is 1.77. The van der Waals surface area contributed by atoms with Gasteiger partial charge in [0.15, 0.2) is 0 Å². The molecule has 0 aliphatic carbocycles. The molecule has 2 heterocycles. The van der Waals surface area contributed by atoms with Gasteiger partial charge < -0.3 is 9.47 Å². The number of amides is 1. The summed E-state index contributed by atoms with van der Waals surface area (Å²) in [6.45, 7) is 3.65. The molecule has 1 fully saturated rings. The third-order valence-corrected chi connectivity index (χ3v) is 6.93. The number of rotatable bonds is 4. The van der Waals surface area contributed by atoms with Crippen LogP contribution < -0.4 is 0 Å². The van der Waals surface area contributed by atoms with Gasteiger partial charge in [0.25, 0.3) is 0 Å². The summed E-state index contributed by atoms with van der Waals surface area (Å²) in [5.41, 5.74) is 1.77. The lowest BCUT2D eigenvalue weighted by molar-refractivity contribution is -0.130. The van der Waals surface area contributed by atoms with Gasteiger partial charge in [-0.2, -0.15) is 0 Å². The lowest BCUT2D eigenvalue weighted by Crippen LogP contribution is -2.30. The summed E-state index contributed by atoms with van der Waals surface area (Å²) in [7, 11) is -3.66. The molecule has 140 valence electrons. The number of carbonyl (C=O) groups is 1. The van der Waals surface area contributed by atoms with Crippen molar-refractivity contribution in [3.05, 3.63) is 60.3 Å². The number of likely N-dealkylation sites (tertiary alicyclic amines) is 1. The van der Waals surface area contributed by atoms with Crippen molar-refractivity contribution >= 4 is 26.6 Å². The average molecular weight is 382 g/mol. The van der Waals surface area contributed by atoms with E-state index >= 15 is 0 Å². The molecule has 4 rings (SSSR count). The molecule has 0 atom stereocenters. The Labute approximate surface area is 159 Å². The smallest absolute Gasteiger partial charge is 0.242 e. The van der Waals surface area contributed by atoms with Crippen LogP contribution in [-0.2, 0) is 21.2 Å². The van der Waals surface area contributed by atoms with Crippen molar-refractivity contribution in [3.8, 4) is 0 Å². The van der Waals surface area contributed by atoms with Crippen LogP contribution >= 0.6 is 0 Å². The van der Waals surface area contributed by atoms with Crippen molar-refractivity contribution in [1.29, 1.82) is 0 Å². The molecule has 2 aromatic carbocycles. The highest BCUT2D eigenvalue weighted by Crippen LogP contribution is 2.30. The third kappa shape index (κ3) is 3.25. The first-order valence-electron chi connectivity index (χ1n) is 9.14. The van der Waals surface area contributed by atoms with Crippen LogP contribution in [0.3, 0.4) is 0 Å². The van der Waals surface area contributed by atoms with Crippen molar-refractivity contribution in [2.75, 3.05) is 13.1 Å². The Kier molecular flexibility index (Phi) is 4.52. The zero-order valence-electron chi connectivity index (χ0n) is 15.3. The zero-order chi connectivity index (χ0) is 19.0. The van der Waals surface area contributed by atoms with Gasteiger partial charge in [0, 0.05) is 30.2 Å². The Morgan fingerprint density at radius 2 is 1.67 bits per heavy atom. The highest BCUT2D eigenvalue weighted by Gasteiger charge is 2.25. The van der Waals surface area contributed by atoms with E-state index < -0.39 is 9.84 Å². The summed E-state index contributed by atoms with van der Waals surface area (Å²) < 4.78 is 28.2. The molecule has 6 heteroatoms. The van der Waals surface area contributed by atoms with Crippen LogP contribution in [0.25, 0.3) is 10.9 Å². The van der Waals surface area contributed by atoms with Gasteiger partial charge in [-0.1, -0.05) is 35.9 Å². The largest absolute Gasteiger partial charge is 0.341 e. The van der Waals surface area contributed by atoms with Crippen LogP contribution in [0.2, 0.25) is 0 Å². The van der Waals surface area contributed by atoms with E-state index in [9.17, 15) is 13.2 Å². The average Bonchev–Trinajstić information content (AvgIpc) is 3.31. The number of sulfone groups is 1. The Morgan fingerprint density at radius 3 is 2.37 bits per heavy atom. The number of hydrogen-bond donors (Lipinski definition) is 0. The van der Waals surface area contributed by atoms with Crippen LogP contribution in [0, 0.1) is 6.92 Å². The molecule has 0 N–H and O–H groups in total. The first-order valence-corrected chi connectivity index (χ1v) is 10.6. The Bertz CT molecular complexity index is 1090. The maximum absolute atomic E-state index is 13.2. The van der Waals surface area contributed by atoms with Crippen molar-refractivity contribution in [1.82, 2.24) is 9.47 Å². The molecule has 5 nitrogen and oxygen atoms in total. The minimum absolute atomic E-state index is 0.0348. The van der Waals surface area contributed by atoms with Gasteiger partial charge in [0.1, 0.15) is 6.54 Å². The molecule has 1 aliphatic heterocycles. The molecule has 3 aromatic rings. The number of nitrogens with zero attached hydrogens (tertiary/aromatic N) is 2. The van der Waals surface area contributed by atoms with Gasteiger partial charge in [-0.3, -0.25) is 4.79 Å². The molecule has 0 radical (unpaired) electrons. The quantitative estimate of drug-likeness (QED) is 0.695. The van der Waals surface area contributed by atoms with Crippen molar-refractivity contribution in [3.63, 3.8) is 0 Å². The minimum Gasteiger partial charge on any atom is -0.341 e. The Morgan fingerprint density at radius 1 is 1.00 bits per heavy atom. The van der Waals surface area contributed by atoms with Gasteiger partial charge in [-0.15, -0.1) is 0 Å². The van der Waals surface area contributed by atoms with Gasteiger partial charge in [0.2, 0.25) is 15.7 Å². The van der Waals surface area contributed by atoms with E-state index in [0.717, 1.165) is 37.0 Å². The predicted octanol–water partition coefficient (Wildman–Crippen LogP) is 3.40. The van der Waals surface area contributed by atoms with Crippen molar-refractivity contribution < 1.29 is 13.2 Å². The number of benzene rings is 2. The van der Waals surface area contributed by atoms with Gasteiger partial charge in [0.05, 0.1) is 9.79 Å². The highest BCUT2D eigenvalue weighted by molar-refractivity contribution is 7.91. The summed E-state index contributed by atoms with van der Waals surface area (Å²) in [4.78, 5) is 14.9. The molecular weight excluding hydrogens is 360 g/mol. The first-order chi connectivity index (χ1) is 13.0. The number of aryl methyl sites for hydroxylation is 1. The lowest BCUT2D eigenvalue weighted by Gasteiger charge is -2.15. The first kappa shape index (κ1) is 17.8. The molecule has 0 spiro atoms. The fourth-order valence-corrected chi connectivity index (χ4v) is 5.09. The third-order valence-electron chi connectivity index (χ3n) is 5.14. The highest BCUT2D eigenvalue weighted by atomic mass is 32.2. The van der Waals surface area contributed by atoms with E-state index in [1.165, 1.54) is 0 Å². The molecule has 1 aliphatic rings. The second kappa shape index (κ2) is 6.85. The second-order valence-corrected chi connectivity index (χ2v) is 8.96. The monoisotopic (exact) mass is 382 g/mol. The second-order valence-electron chi connectivity index (χ2n) is 7.04. The van der Waals surface area contributed by atoms with Gasteiger partial charge >= 0.3 is 0 Å². The summed E-state index contributed by atoms with van der Waals surface area (Å²) in [6.07, 6.45) is 3.67. The molecule has 1 aromatic heterocycles. The van der Waals surface area contributed by atoms with Crippen LogP contribution in [0.15, 0.2) is 64.5 Å². The molecule has 0 bridgehead atoms. The molecule has 0 unspecified atom stereocenters. The lowest BCUT2D eigenvalue weighted by atomic mass is 10.2. The minimum atomic E-state index is -3.66. The topological polar surface area (TPSA) is 59.4 Å². The molecule has 0 saturated carbocycles. The molecule has 1 saturated heterocycles. The normalized spacial score (nSPS) is 14.8. The molecule has 27 heavy (non-hydrogen) atoms. The van der Waals surface area contributed by atoms with Crippen molar-refractivity contribution in [2.24, 2.45) is 0 Å².